The summed E-state index contributed by atoms with van der Waals surface area (Å²) in [7, 11) is 0. The van der Waals surface area contributed by atoms with E-state index in [0.29, 0.717) is 0 Å². The van der Waals surface area contributed by atoms with Gasteiger partial charge in [0.1, 0.15) is 0 Å². The first-order chi connectivity index (χ1) is 4.00. The molecular weight excluding hydrogens is 155 g/mol. The number of rotatable bonds is 0. The molecule has 0 aromatic carbocycles. The van der Waals surface area contributed by atoms with Crippen molar-refractivity contribution in [2.24, 2.45) is 0 Å². The molecule has 0 saturated heterocycles. The van der Waals surface area contributed by atoms with E-state index in [9.17, 15) is 0 Å². The third kappa shape index (κ3) is 4.48. The molecule has 0 fully saturated rings. The molecule has 0 nitrogen and oxygen atoms in total. The fraction of sp³-hybridized carbons (Fsp3) is 0.500. The van der Waals surface area contributed by atoms with E-state index in [0.717, 1.165) is 0 Å². The van der Waals surface area contributed by atoms with Crippen LogP contribution in [-0.2, 0) is 16.5 Å². The number of hydrogen-bond donors (Lipinski definition) is 0. The molecule has 0 atom stereocenters. The van der Waals surface area contributed by atoms with Gasteiger partial charge in [-0.3, -0.25) is 0 Å². The topological polar surface area (TPSA) is 0 Å². The van der Waals surface area contributed by atoms with Crippen LogP contribution in [0.25, 0.3) is 0 Å². The Morgan fingerprint density at radius 2 is 0.778 bits per heavy atom. The van der Waals surface area contributed by atoms with Gasteiger partial charge in [-0.2, -0.15) is 0 Å². The average Bonchev–Trinajstić information content (AvgIpc) is 1.62. The summed E-state index contributed by atoms with van der Waals surface area (Å²) in [5, 5.41) is 0. The summed E-state index contributed by atoms with van der Waals surface area (Å²) >= 11 is 0. The Balaban J connectivity index is 0.000000640. The summed E-state index contributed by atoms with van der Waals surface area (Å²) in [6, 6.07) is 0. The summed E-state index contributed by atoms with van der Waals surface area (Å²) in [4.78, 5) is 0. The van der Waals surface area contributed by atoms with Crippen molar-refractivity contribution < 1.29 is 16.5 Å². The van der Waals surface area contributed by atoms with Crippen LogP contribution in [0.2, 0.25) is 0 Å². The molecular formula is C8H12Ni. The molecule has 1 aliphatic rings. The van der Waals surface area contributed by atoms with Gasteiger partial charge in [-0.05, 0) is 25.7 Å². The zero-order valence-corrected chi connectivity index (χ0v) is 6.44. The molecule has 0 N–H and O–H groups in total. The van der Waals surface area contributed by atoms with Gasteiger partial charge >= 0.3 is 0 Å². The maximum Gasteiger partial charge on any atom is 0 e. The summed E-state index contributed by atoms with van der Waals surface area (Å²) in [5.74, 6) is 0. The standard InChI is InChI=1S/C8H12.Ni/c1-2-4-6-8-7-5-3-1;/h1-2,7-8H,3-6H2;/b2-1-,8-7-;. The van der Waals surface area contributed by atoms with E-state index >= 15 is 0 Å². The van der Waals surface area contributed by atoms with Crippen LogP contribution in [0.3, 0.4) is 0 Å². The van der Waals surface area contributed by atoms with Crippen molar-refractivity contribution in [3.63, 3.8) is 0 Å². The molecule has 0 radical (unpaired) electrons. The zero-order valence-electron chi connectivity index (χ0n) is 5.45. The molecule has 1 aliphatic carbocycles. The van der Waals surface area contributed by atoms with Crippen molar-refractivity contribution in [1.29, 1.82) is 0 Å². The van der Waals surface area contributed by atoms with Gasteiger partial charge in [0.15, 0.2) is 0 Å². The third-order valence-electron chi connectivity index (χ3n) is 1.33. The Morgan fingerprint density at radius 1 is 0.556 bits per heavy atom. The molecule has 0 spiro atoms. The first-order valence-electron chi connectivity index (χ1n) is 3.30. The van der Waals surface area contributed by atoms with E-state index in [1.807, 2.05) is 0 Å². The van der Waals surface area contributed by atoms with Crippen LogP contribution in [0.1, 0.15) is 25.7 Å². The molecule has 0 amide bonds. The summed E-state index contributed by atoms with van der Waals surface area (Å²) in [6.07, 6.45) is 14.0. The maximum atomic E-state index is 2.27. The van der Waals surface area contributed by atoms with E-state index in [-0.39, 0.29) is 16.5 Å². The normalized spacial score (nSPS) is 24.9. The molecule has 0 bridgehead atoms. The minimum atomic E-state index is 0. The molecule has 1 rings (SSSR count). The van der Waals surface area contributed by atoms with Gasteiger partial charge < -0.3 is 0 Å². The third-order valence-corrected chi connectivity index (χ3v) is 1.33. The molecule has 54 valence electrons. The SMILES string of the molecule is C1=C\CC/C=C\CC/1.[Ni]. The van der Waals surface area contributed by atoms with Crippen LogP contribution in [0.5, 0.6) is 0 Å². The quantitative estimate of drug-likeness (QED) is 0.384. The summed E-state index contributed by atoms with van der Waals surface area (Å²) < 4.78 is 0. The van der Waals surface area contributed by atoms with Crippen LogP contribution in [0, 0.1) is 0 Å². The van der Waals surface area contributed by atoms with Crippen molar-refractivity contribution in [2.75, 3.05) is 0 Å². The second-order valence-electron chi connectivity index (χ2n) is 2.10. The molecule has 0 aromatic rings. The number of allylic oxidation sites excluding steroid dienone is 4. The van der Waals surface area contributed by atoms with Gasteiger partial charge in [-0.15, -0.1) is 0 Å². The maximum absolute atomic E-state index is 2.27. The van der Waals surface area contributed by atoms with Crippen LogP contribution < -0.4 is 0 Å². The number of hydrogen-bond acceptors (Lipinski definition) is 0. The first-order valence-corrected chi connectivity index (χ1v) is 3.30. The minimum Gasteiger partial charge on any atom is -0.0882 e. The van der Waals surface area contributed by atoms with Crippen molar-refractivity contribution >= 4 is 0 Å². The Kier molecular flexibility index (Phi) is 6.08. The molecule has 0 unspecified atom stereocenters. The molecule has 9 heavy (non-hydrogen) atoms. The van der Waals surface area contributed by atoms with Gasteiger partial charge in [0.05, 0.1) is 0 Å². The average molecular weight is 167 g/mol. The minimum absolute atomic E-state index is 0. The summed E-state index contributed by atoms with van der Waals surface area (Å²) in [5.41, 5.74) is 0. The molecule has 0 saturated carbocycles. The fourth-order valence-electron chi connectivity index (χ4n) is 0.856. The Bertz CT molecular complexity index is 77.1. The van der Waals surface area contributed by atoms with E-state index in [1.165, 1.54) is 25.7 Å². The first kappa shape index (κ1) is 8.97. The van der Waals surface area contributed by atoms with Gasteiger partial charge in [-0.1, -0.05) is 24.3 Å². The van der Waals surface area contributed by atoms with E-state index in [4.69, 9.17) is 0 Å². The van der Waals surface area contributed by atoms with Crippen molar-refractivity contribution in [1.82, 2.24) is 0 Å². The predicted molar refractivity (Wildman–Crippen MR) is 36.7 cm³/mol. The summed E-state index contributed by atoms with van der Waals surface area (Å²) in [6.45, 7) is 0. The molecule has 0 aromatic heterocycles. The van der Waals surface area contributed by atoms with Gasteiger partial charge in [0.25, 0.3) is 0 Å². The monoisotopic (exact) mass is 166 g/mol. The molecule has 1 heteroatoms. The van der Waals surface area contributed by atoms with Crippen LogP contribution >= 0.6 is 0 Å². The van der Waals surface area contributed by atoms with Gasteiger partial charge in [0, 0.05) is 16.5 Å². The van der Waals surface area contributed by atoms with E-state index in [2.05, 4.69) is 24.3 Å². The van der Waals surface area contributed by atoms with Crippen molar-refractivity contribution in [2.45, 2.75) is 25.7 Å². The fourth-order valence-corrected chi connectivity index (χ4v) is 0.856. The predicted octanol–water partition coefficient (Wildman–Crippen LogP) is 2.67. The molecule has 0 aliphatic heterocycles. The largest absolute Gasteiger partial charge is 0.0882 e. The Hall–Kier alpha value is -0.0265. The van der Waals surface area contributed by atoms with Crippen molar-refractivity contribution in [3.8, 4) is 0 Å². The zero-order chi connectivity index (χ0) is 5.66. The second-order valence-corrected chi connectivity index (χ2v) is 2.10. The van der Waals surface area contributed by atoms with Gasteiger partial charge in [0.2, 0.25) is 0 Å². The van der Waals surface area contributed by atoms with Gasteiger partial charge in [-0.25, -0.2) is 0 Å². The van der Waals surface area contributed by atoms with Crippen molar-refractivity contribution in [3.05, 3.63) is 24.3 Å². The van der Waals surface area contributed by atoms with Crippen LogP contribution in [-0.4, -0.2) is 0 Å². The smallest absolute Gasteiger partial charge is 0 e. The van der Waals surface area contributed by atoms with Crippen LogP contribution in [0.4, 0.5) is 0 Å². The van der Waals surface area contributed by atoms with E-state index < -0.39 is 0 Å². The second kappa shape index (κ2) is 6.10. The van der Waals surface area contributed by atoms with E-state index in [1.54, 1.807) is 0 Å². The Labute approximate surface area is 67.0 Å². The van der Waals surface area contributed by atoms with Crippen LogP contribution in [0.15, 0.2) is 24.3 Å². The Morgan fingerprint density at radius 3 is 1.00 bits per heavy atom. The molecule has 0 heterocycles.